The van der Waals surface area contributed by atoms with E-state index >= 15 is 0 Å². The van der Waals surface area contributed by atoms with Crippen LogP contribution in [0.25, 0.3) is 11.1 Å². The molecule has 1 aliphatic heterocycles. The fourth-order valence-electron chi connectivity index (χ4n) is 5.77. The number of methoxy groups -OCH3 is 1. The first-order valence-electron chi connectivity index (χ1n) is 13.8. The zero-order chi connectivity index (χ0) is 32.0. The van der Waals surface area contributed by atoms with Gasteiger partial charge in [-0.25, -0.2) is 9.78 Å². The van der Waals surface area contributed by atoms with Gasteiger partial charge < -0.3 is 9.47 Å². The third-order valence-electron chi connectivity index (χ3n) is 8.12. The van der Waals surface area contributed by atoms with E-state index in [4.69, 9.17) is 21.1 Å². The number of amides is 1. The molecule has 13 heteroatoms. The van der Waals surface area contributed by atoms with Crippen LogP contribution in [0.3, 0.4) is 0 Å². The maximum Gasteiger partial charge on any atom is 0.416 e. The lowest BCUT2D eigenvalue weighted by Gasteiger charge is -2.24. The number of cyclic esters (lactones) is 1. The zero-order valence-electron chi connectivity index (χ0n) is 23.6. The highest BCUT2D eigenvalue weighted by molar-refractivity contribution is 6.29. The standard InChI is InChI=1S/C31H27ClF6N2O4/c1-16-28(19-11-20(30(33,34)35)14-21(12-19)31(36,37)38)44-29(42)40(16)15-25-23(8-10-27(32)39-25)24-13-18(5-9-26(24)43-2)17-3-6-22(41)7-4-17/h5,8-14,16-17,28H,3-4,6-7,15H2,1-2H3/t16-,28-/m0/s1. The third-order valence-corrected chi connectivity index (χ3v) is 8.33. The molecule has 1 saturated heterocycles. The molecule has 5 rings (SSSR count). The van der Waals surface area contributed by atoms with Crippen molar-refractivity contribution in [3.8, 4) is 16.9 Å². The largest absolute Gasteiger partial charge is 0.496 e. The van der Waals surface area contributed by atoms with E-state index in [0.29, 0.717) is 60.4 Å². The Morgan fingerprint density at radius 2 is 1.55 bits per heavy atom. The molecule has 0 unspecified atom stereocenters. The van der Waals surface area contributed by atoms with Crippen molar-refractivity contribution >= 4 is 23.5 Å². The highest BCUT2D eigenvalue weighted by Crippen LogP contribution is 2.43. The number of nitrogens with zero attached hydrogens (tertiary/aromatic N) is 2. The van der Waals surface area contributed by atoms with Crippen LogP contribution in [0.4, 0.5) is 31.1 Å². The molecular formula is C31H27ClF6N2O4. The van der Waals surface area contributed by atoms with E-state index in [0.717, 1.165) is 5.56 Å². The van der Waals surface area contributed by atoms with Gasteiger partial charge in [-0.1, -0.05) is 17.7 Å². The smallest absolute Gasteiger partial charge is 0.416 e. The van der Waals surface area contributed by atoms with Crippen molar-refractivity contribution in [3.05, 3.63) is 81.6 Å². The van der Waals surface area contributed by atoms with E-state index in [-0.39, 0.29) is 29.5 Å². The molecule has 234 valence electrons. The van der Waals surface area contributed by atoms with Gasteiger partial charge in [-0.2, -0.15) is 26.3 Å². The molecule has 44 heavy (non-hydrogen) atoms. The van der Waals surface area contributed by atoms with Crippen LogP contribution in [-0.4, -0.2) is 34.9 Å². The van der Waals surface area contributed by atoms with Gasteiger partial charge in [-0.3, -0.25) is 9.69 Å². The average Bonchev–Trinajstić information content (AvgIpc) is 3.24. The van der Waals surface area contributed by atoms with Crippen molar-refractivity contribution in [3.63, 3.8) is 0 Å². The van der Waals surface area contributed by atoms with Gasteiger partial charge in [-0.05, 0) is 79.3 Å². The number of ether oxygens (including phenoxy) is 2. The summed E-state index contributed by atoms with van der Waals surface area (Å²) in [6.45, 7) is 1.27. The summed E-state index contributed by atoms with van der Waals surface area (Å²) in [6, 6.07) is 9.10. The number of rotatable bonds is 6. The van der Waals surface area contributed by atoms with Crippen LogP contribution >= 0.6 is 11.6 Å². The molecule has 6 nitrogen and oxygen atoms in total. The number of pyridine rings is 1. The monoisotopic (exact) mass is 640 g/mol. The average molecular weight is 641 g/mol. The number of halogens is 7. The second-order valence-corrected chi connectivity index (χ2v) is 11.3. The highest BCUT2D eigenvalue weighted by atomic mass is 35.5. The number of carbonyl (C=O) groups excluding carboxylic acids is 2. The Balaban J connectivity index is 1.49. The first-order chi connectivity index (χ1) is 20.7. The maximum atomic E-state index is 13.5. The minimum absolute atomic E-state index is 0.0254. The molecule has 0 N–H and O–H groups in total. The number of hydrogen-bond donors (Lipinski definition) is 0. The van der Waals surface area contributed by atoms with Gasteiger partial charge in [0, 0.05) is 24.0 Å². The van der Waals surface area contributed by atoms with E-state index < -0.39 is 47.3 Å². The molecule has 2 aromatic carbocycles. The molecule has 1 saturated carbocycles. The van der Waals surface area contributed by atoms with Crippen molar-refractivity contribution in [1.29, 1.82) is 0 Å². The van der Waals surface area contributed by atoms with Crippen LogP contribution < -0.4 is 4.74 Å². The molecule has 2 fully saturated rings. The predicted molar refractivity (Wildman–Crippen MR) is 148 cm³/mol. The van der Waals surface area contributed by atoms with Gasteiger partial charge in [-0.15, -0.1) is 0 Å². The Kier molecular flexibility index (Phi) is 8.58. The number of ketones is 1. The normalized spacial score (nSPS) is 19.8. The number of hydrogen-bond acceptors (Lipinski definition) is 5. The molecule has 1 aromatic heterocycles. The molecule has 1 aliphatic carbocycles. The number of carbonyl (C=O) groups is 2. The lowest BCUT2D eigenvalue weighted by molar-refractivity contribution is -0.143. The summed E-state index contributed by atoms with van der Waals surface area (Å²) >= 11 is 6.23. The van der Waals surface area contributed by atoms with Crippen molar-refractivity contribution in [2.45, 2.75) is 69.6 Å². The van der Waals surface area contributed by atoms with E-state index in [1.165, 1.54) is 18.9 Å². The Hall–Kier alpha value is -3.80. The number of benzene rings is 2. The van der Waals surface area contributed by atoms with Crippen molar-refractivity contribution in [2.24, 2.45) is 0 Å². The molecule has 0 radical (unpaired) electrons. The second-order valence-electron chi connectivity index (χ2n) is 10.9. The number of aromatic nitrogens is 1. The quantitative estimate of drug-likeness (QED) is 0.199. The van der Waals surface area contributed by atoms with Crippen LogP contribution in [0.15, 0.2) is 48.5 Å². The first-order valence-corrected chi connectivity index (χ1v) is 14.2. The summed E-state index contributed by atoms with van der Waals surface area (Å²) < 4.78 is 91.9. The lowest BCUT2D eigenvalue weighted by Crippen LogP contribution is -2.32. The van der Waals surface area contributed by atoms with Crippen molar-refractivity contribution < 1.29 is 45.4 Å². The summed E-state index contributed by atoms with van der Waals surface area (Å²) in [5.74, 6) is 0.887. The van der Waals surface area contributed by atoms with Gasteiger partial charge in [0.2, 0.25) is 0 Å². The van der Waals surface area contributed by atoms with Gasteiger partial charge in [0.15, 0.2) is 0 Å². The van der Waals surface area contributed by atoms with Crippen LogP contribution in [0.5, 0.6) is 5.75 Å². The SMILES string of the molecule is COc1ccc(C2CCC(=O)CC2)cc1-c1ccc(Cl)nc1CN1C(=O)O[C@H](c2cc(C(F)(F)F)cc(C(F)(F)F)c2)[C@@H]1C. The molecule has 2 atom stereocenters. The van der Waals surface area contributed by atoms with Gasteiger partial charge in [0.1, 0.15) is 22.8 Å². The summed E-state index contributed by atoms with van der Waals surface area (Å²) in [4.78, 5) is 30.4. The Morgan fingerprint density at radius 3 is 2.14 bits per heavy atom. The highest BCUT2D eigenvalue weighted by Gasteiger charge is 2.43. The van der Waals surface area contributed by atoms with E-state index in [2.05, 4.69) is 4.98 Å². The van der Waals surface area contributed by atoms with Gasteiger partial charge in [0.05, 0.1) is 36.5 Å². The zero-order valence-corrected chi connectivity index (χ0v) is 24.3. The molecule has 3 aromatic rings. The maximum absolute atomic E-state index is 13.5. The fraction of sp³-hybridized carbons (Fsp3) is 0.387. The topological polar surface area (TPSA) is 68.7 Å². The predicted octanol–water partition coefficient (Wildman–Crippen LogP) is 8.76. The molecular weight excluding hydrogens is 614 g/mol. The Labute approximate surface area is 253 Å². The first kappa shape index (κ1) is 31.6. The Bertz CT molecular complexity index is 1550. The summed E-state index contributed by atoms with van der Waals surface area (Å²) in [6.07, 6.45) is -10.1. The minimum Gasteiger partial charge on any atom is -0.496 e. The second kappa shape index (κ2) is 11.9. The summed E-state index contributed by atoms with van der Waals surface area (Å²) in [5.41, 5.74) is -0.929. The molecule has 1 amide bonds. The molecule has 2 aliphatic rings. The molecule has 0 bridgehead atoms. The molecule has 2 heterocycles. The summed E-state index contributed by atoms with van der Waals surface area (Å²) in [7, 11) is 1.50. The van der Waals surface area contributed by atoms with Crippen LogP contribution in [0.2, 0.25) is 5.15 Å². The fourth-order valence-corrected chi connectivity index (χ4v) is 5.93. The van der Waals surface area contributed by atoms with Gasteiger partial charge >= 0.3 is 18.4 Å². The minimum atomic E-state index is -5.05. The van der Waals surface area contributed by atoms with E-state index in [1.807, 2.05) is 12.1 Å². The lowest BCUT2D eigenvalue weighted by atomic mass is 9.82. The van der Waals surface area contributed by atoms with E-state index in [1.54, 1.807) is 18.2 Å². The van der Waals surface area contributed by atoms with Gasteiger partial charge in [0.25, 0.3) is 0 Å². The third kappa shape index (κ3) is 6.50. The van der Waals surface area contributed by atoms with Crippen LogP contribution in [0.1, 0.15) is 72.6 Å². The van der Waals surface area contributed by atoms with Crippen molar-refractivity contribution in [1.82, 2.24) is 9.88 Å². The van der Waals surface area contributed by atoms with Crippen molar-refractivity contribution in [2.75, 3.05) is 7.11 Å². The number of Topliss-reactive ketones (excluding diaryl/α,β-unsaturated/α-hetero) is 1. The summed E-state index contributed by atoms with van der Waals surface area (Å²) in [5, 5.41) is 0.106. The number of alkyl halides is 6. The Morgan fingerprint density at radius 1 is 0.909 bits per heavy atom. The van der Waals surface area contributed by atoms with Crippen LogP contribution in [0, 0.1) is 0 Å². The van der Waals surface area contributed by atoms with Crippen LogP contribution in [-0.2, 0) is 28.4 Å². The molecule has 0 spiro atoms. The van der Waals surface area contributed by atoms with E-state index in [9.17, 15) is 35.9 Å².